The van der Waals surface area contributed by atoms with Gasteiger partial charge in [-0.1, -0.05) is 11.6 Å². The van der Waals surface area contributed by atoms with Crippen LogP contribution in [0.1, 0.15) is 57.2 Å². The van der Waals surface area contributed by atoms with E-state index in [4.69, 9.17) is 11.6 Å². The van der Waals surface area contributed by atoms with Crippen molar-refractivity contribution in [1.82, 2.24) is 40.3 Å². The molecule has 3 aromatic heterocycles. The minimum Gasteiger partial charge on any atom is -0.477 e. The molecule has 0 spiro atoms. The lowest BCUT2D eigenvalue weighted by Crippen LogP contribution is -2.62. The molecule has 6 heterocycles. The Morgan fingerprint density at radius 3 is 2.27 bits per heavy atom. The largest absolute Gasteiger partial charge is 0.477 e. The van der Waals surface area contributed by atoms with Gasteiger partial charge in [-0.25, -0.2) is 18.6 Å². The van der Waals surface area contributed by atoms with Gasteiger partial charge in [-0.2, -0.15) is 18.3 Å². The quantitative estimate of drug-likeness (QED) is 0.0769. The number of carboxylic acids is 1. The van der Waals surface area contributed by atoms with Crippen molar-refractivity contribution < 1.29 is 50.7 Å². The molecule has 1 atom stereocenters. The number of nitrogens with one attached hydrogen (secondary N) is 5. The number of carboxylic acid groups (broad SMARTS) is 1. The molecule has 8 rings (SSSR count). The lowest BCUT2D eigenvalue weighted by atomic mass is 9.90. The summed E-state index contributed by atoms with van der Waals surface area (Å²) >= 11 is 6.54. The van der Waals surface area contributed by atoms with Crippen LogP contribution in [0, 0.1) is 17.8 Å². The number of carbonyl (C=O) groups excluding carboxylic acids is 3. The van der Waals surface area contributed by atoms with Crippen LogP contribution < -0.4 is 16.0 Å². The number of aliphatic carboxylic acids is 1. The van der Waals surface area contributed by atoms with Crippen molar-refractivity contribution in [2.45, 2.75) is 37.8 Å². The summed E-state index contributed by atoms with van der Waals surface area (Å²) in [7, 11) is 0. The molecule has 0 unspecified atom stereocenters. The van der Waals surface area contributed by atoms with Crippen molar-refractivity contribution in [2.75, 3.05) is 82.6 Å². The monoisotopic (exact) mass is 902 g/mol. The van der Waals surface area contributed by atoms with Gasteiger partial charge in [0.1, 0.15) is 11.4 Å². The Morgan fingerprint density at radius 2 is 1.67 bits per heavy atom. The van der Waals surface area contributed by atoms with Gasteiger partial charge in [0.05, 0.1) is 47.8 Å². The Kier molecular flexibility index (Phi) is 12.2. The Bertz CT molecular complexity index is 2350. The number of aromatic nitrogens is 5. The maximum Gasteiger partial charge on any atom is 0.433 e. The van der Waals surface area contributed by atoms with E-state index in [1.54, 1.807) is 9.80 Å². The number of halogens is 6. The Morgan fingerprint density at radius 1 is 0.968 bits per heavy atom. The van der Waals surface area contributed by atoms with Crippen molar-refractivity contribution in [1.29, 1.82) is 0 Å². The highest BCUT2D eigenvalue weighted by Gasteiger charge is 2.56. The van der Waals surface area contributed by atoms with Crippen LogP contribution in [0.2, 0.25) is 5.02 Å². The number of pyridine rings is 1. The van der Waals surface area contributed by atoms with Crippen LogP contribution in [0.4, 0.5) is 33.3 Å². The third kappa shape index (κ3) is 9.94. The van der Waals surface area contributed by atoms with E-state index in [1.807, 2.05) is 5.10 Å². The van der Waals surface area contributed by atoms with Gasteiger partial charge in [0.2, 0.25) is 5.91 Å². The van der Waals surface area contributed by atoms with Crippen molar-refractivity contribution >= 4 is 46.7 Å². The van der Waals surface area contributed by atoms with Crippen molar-refractivity contribution in [3.05, 3.63) is 76.1 Å². The number of piperazine rings is 1. The van der Waals surface area contributed by atoms with E-state index in [0.29, 0.717) is 55.1 Å². The second-order valence-corrected chi connectivity index (χ2v) is 17.3. The topological polar surface area (TPSA) is 201 Å². The molecule has 63 heavy (non-hydrogen) atoms. The highest BCUT2D eigenvalue weighted by Crippen LogP contribution is 2.48. The minimum absolute atomic E-state index is 0.0243. The zero-order valence-electron chi connectivity index (χ0n) is 33.9. The molecule has 336 valence electrons. The standard InChI is InChI=1S/C41H45ClF5N11O5/c42-31-14-26(1-3-29(31)39(63)57-9-7-56(8-10-57)38(62)24-5-11-58(12-6-24,22-33(59)60)21-23-16-48-17-23)53-37(61)36-51-20-28(52-36)13-30-34(54-55-35(30)41(45,46)47)32-4-2-27(19-50-32)49-18-25-15-40(25,43)44/h1-4,14,19-20,23-25,48H,5-13,15-18,21-22H2,(H4-,49,50,51,52,53,54,55,59,60,61,63)/p+1/t24?,25-,58?/m1/s1. The first kappa shape index (κ1) is 44.0. The second-order valence-electron chi connectivity index (χ2n) is 16.9. The predicted octanol–water partition coefficient (Wildman–Crippen LogP) is 4.59. The molecule has 22 heteroatoms. The van der Waals surface area contributed by atoms with E-state index in [2.05, 4.69) is 36.0 Å². The van der Waals surface area contributed by atoms with E-state index in [1.165, 1.54) is 42.7 Å². The lowest BCUT2D eigenvalue weighted by Gasteiger charge is -2.46. The van der Waals surface area contributed by atoms with Crippen LogP contribution in [0.25, 0.3) is 11.4 Å². The fourth-order valence-electron chi connectivity index (χ4n) is 8.70. The van der Waals surface area contributed by atoms with Gasteiger partial charge in [0.25, 0.3) is 17.7 Å². The highest BCUT2D eigenvalue weighted by molar-refractivity contribution is 6.34. The van der Waals surface area contributed by atoms with E-state index in [-0.39, 0.29) is 101 Å². The molecule has 1 saturated carbocycles. The molecule has 4 aromatic rings. The third-order valence-corrected chi connectivity index (χ3v) is 12.8. The third-order valence-electron chi connectivity index (χ3n) is 12.4. The van der Waals surface area contributed by atoms with E-state index < -0.39 is 35.6 Å². The Balaban J connectivity index is 0.842. The first-order valence-corrected chi connectivity index (χ1v) is 21.1. The number of piperidine rings is 1. The van der Waals surface area contributed by atoms with Gasteiger partial charge in [-0.05, 0) is 30.3 Å². The molecule has 1 aliphatic carbocycles. The lowest BCUT2D eigenvalue weighted by molar-refractivity contribution is -0.929. The van der Waals surface area contributed by atoms with Crippen LogP contribution in [-0.4, -0.2) is 146 Å². The van der Waals surface area contributed by atoms with Crippen LogP contribution in [0.15, 0.2) is 42.7 Å². The Hall–Kier alpha value is -5.67. The molecule has 4 fully saturated rings. The SMILES string of the molecule is O=C(O)C[N+]1(CC2CNC2)CCC(C(=O)N2CCN(C(=O)c3ccc(NC(=O)c4ncc(Cc5c(-c6ccc(NC[C@H]7CC7(F)F)cn6)n[nH]c5C(F)(F)F)[nH]4)cc3Cl)CC2)CC1. The van der Waals surface area contributed by atoms with Crippen molar-refractivity contribution in [3.8, 4) is 11.4 Å². The summed E-state index contributed by atoms with van der Waals surface area (Å²) in [6.07, 6.45) is -1.60. The molecule has 3 amide bonds. The summed E-state index contributed by atoms with van der Waals surface area (Å²) in [6.45, 7) is 5.19. The molecule has 3 aliphatic heterocycles. The number of hydrogen-bond donors (Lipinski definition) is 6. The fraction of sp³-hybridized carbons (Fsp3) is 0.488. The number of anilines is 2. The molecular formula is C41H46ClF5N11O5+. The molecule has 3 saturated heterocycles. The molecule has 16 nitrogen and oxygen atoms in total. The number of quaternary nitrogens is 1. The number of nitrogens with zero attached hydrogens (tertiary/aromatic N) is 6. The van der Waals surface area contributed by atoms with Crippen LogP contribution in [0.5, 0.6) is 0 Å². The zero-order valence-corrected chi connectivity index (χ0v) is 34.7. The maximum absolute atomic E-state index is 14.1. The number of hydrogen-bond acceptors (Lipinski definition) is 9. The number of H-pyrrole nitrogens is 2. The van der Waals surface area contributed by atoms with E-state index >= 15 is 0 Å². The summed E-state index contributed by atoms with van der Waals surface area (Å²) in [5.41, 5.74) is -0.378. The van der Waals surface area contributed by atoms with Gasteiger partial charge in [-0.3, -0.25) is 24.5 Å². The normalized spacial score (nSPS) is 22.3. The molecule has 6 N–H and O–H groups in total. The maximum atomic E-state index is 14.1. The van der Waals surface area contributed by atoms with Gasteiger partial charge >= 0.3 is 12.1 Å². The summed E-state index contributed by atoms with van der Waals surface area (Å²) in [4.78, 5) is 66.3. The van der Waals surface area contributed by atoms with Gasteiger partial charge in [0.15, 0.2) is 12.4 Å². The summed E-state index contributed by atoms with van der Waals surface area (Å²) in [5, 5.41) is 24.3. The van der Waals surface area contributed by atoms with Crippen molar-refractivity contribution in [2.24, 2.45) is 17.8 Å². The molecule has 0 bridgehead atoms. The highest BCUT2D eigenvalue weighted by atomic mass is 35.5. The molecule has 1 aromatic carbocycles. The summed E-state index contributed by atoms with van der Waals surface area (Å²) in [5.74, 6) is -5.33. The van der Waals surface area contributed by atoms with E-state index in [0.717, 1.165) is 19.6 Å². The smallest absolute Gasteiger partial charge is 0.433 e. The predicted molar refractivity (Wildman–Crippen MR) is 218 cm³/mol. The number of rotatable bonds is 14. The first-order valence-electron chi connectivity index (χ1n) is 20.7. The van der Waals surface area contributed by atoms with Crippen LogP contribution in [-0.2, 0) is 22.2 Å². The average Bonchev–Trinajstić information content (AvgIpc) is 3.53. The van der Waals surface area contributed by atoms with Crippen molar-refractivity contribution in [3.63, 3.8) is 0 Å². The number of imidazole rings is 1. The number of likely N-dealkylation sites (tertiary alicyclic amines) is 1. The summed E-state index contributed by atoms with van der Waals surface area (Å²) in [6, 6.07) is 7.28. The van der Waals surface area contributed by atoms with Gasteiger partial charge in [0, 0.05) is 112 Å². The first-order chi connectivity index (χ1) is 30.0. The minimum atomic E-state index is -4.80. The number of amides is 3. The molecule has 4 aliphatic rings. The number of benzene rings is 1. The average molecular weight is 903 g/mol. The second kappa shape index (κ2) is 17.5. The molecule has 0 radical (unpaired) electrons. The van der Waals surface area contributed by atoms with Gasteiger partial charge in [-0.15, -0.1) is 0 Å². The van der Waals surface area contributed by atoms with E-state index in [9.17, 15) is 46.2 Å². The molecular weight excluding hydrogens is 857 g/mol. The van der Waals surface area contributed by atoms with Crippen LogP contribution in [0.3, 0.4) is 0 Å². The Labute approximate surface area is 362 Å². The summed E-state index contributed by atoms with van der Waals surface area (Å²) < 4.78 is 69.2. The zero-order chi connectivity index (χ0) is 44.7. The van der Waals surface area contributed by atoms with Crippen LogP contribution >= 0.6 is 11.6 Å². The van der Waals surface area contributed by atoms with Gasteiger partial charge < -0.3 is 40.3 Å². The number of carbonyl (C=O) groups is 4. The number of alkyl halides is 5. The fourth-order valence-corrected chi connectivity index (χ4v) is 8.97. The number of aromatic amines is 2.